The lowest BCUT2D eigenvalue weighted by atomic mass is 9.94. The van der Waals surface area contributed by atoms with Gasteiger partial charge in [0.25, 0.3) is 5.78 Å². The van der Waals surface area contributed by atoms with Crippen molar-refractivity contribution in [3.8, 4) is 17.2 Å². The van der Waals surface area contributed by atoms with Gasteiger partial charge in [-0.25, -0.2) is 4.98 Å². The number of amides is 1. The summed E-state index contributed by atoms with van der Waals surface area (Å²) >= 11 is 1.30. The average Bonchev–Trinajstić information content (AvgIpc) is 3.57. The second-order valence-electron chi connectivity index (χ2n) is 9.75. The number of aliphatic hydroxyl groups excluding tert-OH is 1. The standard InChI is InChI=1S/C30H26N2O6S/c1-4-37-23-14-17(6-9-21(23)33)26-25(27(34)18-7-10-22-19(13-18)12-16(3)38-22)28(35)29(36)32(26)30-31-20-8-5-15(2)11-24(20)39-30/h5-11,13-14,16,26,33-34H,4,12H2,1-3H3/t16-,26+/m0/s1. The van der Waals surface area contributed by atoms with E-state index < -0.39 is 17.7 Å². The first-order valence-corrected chi connectivity index (χ1v) is 13.5. The zero-order valence-electron chi connectivity index (χ0n) is 21.6. The molecular weight excluding hydrogens is 516 g/mol. The van der Waals surface area contributed by atoms with Crippen LogP contribution in [0.15, 0.2) is 60.2 Å². The number of thiazole rings is 1. The highest BCUT2D eigenvalue weighted by Crippen LogP contribution is 2.46. The summed E-state index contributed by atoms with van der Waals surface area (Å²) in [4.78, 5) is 33.2. The monoisotopic (exact) mass is 542 g/mol. The molecule has 6 rings (SSSR count). The number of aromatic hydroxyl groups is 1. The molecule has 0 saturated carbocycles. The Balaban J connectivity index is 1.55. The molecule has 2 atom stereocenters. The van der Waals surface area contributed by atoms with E-state index in [0.29, 0.717) is 34.8 Å². The fourth-order valence-corrected chi connectivity index (χ4v) is 6.26. The molecule has 0 spiro atoms. The minimum atomic E-state index is -0.991. The molecule has 4 aromatic rings. The van der Waals surface area contributed by atoms with E-state index in [9.17, 15) is 19.8 Å². The Bertz CT molecular complexity index is 1690. The molecule has 0 radical (unpaired) electrons. The molecule has 1 fully saturated rings. The van der Waals surface area contributed by atoms with Crippen molar-refractivity contribution in [2.45, 2.75) is 39.3 Å². The summed E-state index contributed by atoms with van der Waals surface area (Å²) in [5, 5.41) is 22.2. The van der Waals surface area contributed by atoms with Crippen molar-refractivity contribution in [2.24, 2.45) is 0 Å². The number of rotatable bonds is 5. The third-order valence-electron chi connectivity index (χ3n) is 6.95. The number of hydrogen-bond acceptors (Lipinski definition) is 8. The molecule has 3 aromatic carbocycles. The number of anilines is 1. The smallest absolute Gasteiger partial charge is 0.301 e. The van der Waals surface area contributed by atoms with Gasteiger partial charge < -0.3 is 19.7 Å². The zero-order valence-corrected chi connectivity index (χ0v) is 22.4. The van der Waals surface area contributed by atoms with Crippen molar-refractivity contribution in [1.82, 2.24) is 4.98 Å². The van der Waals surface area contributed by atoms with E-state index in [-0.39, 0.29) is 28.9 Å². The third-order valence-corrected chi connectivity index (χ3v) is 7.97. The van der Waals surface area contributed by atoms with Gasteiger partial charge in [0.1, 0.15) is 17.6 Å². The highest BCUT2D eigenvalue weighted by molar-refractivity contribution is 7.22. The fraction of sp³-hybridized carbons (Fsp3) is 0.233. The van der Waals surface area contributed by atoms with E-state index in [0.717, 1.165) is 21.6 Å². The molecule has 1 amide bonds. The number of nitrogens with zero attached hydrogens (tertiary/aromatic N) is 2. The molecular formula is C30H26N2O6S. The highest BCUT2D eigenvalue weighted by atomic mass is 32.1. The second kappa shape index (κ2) is 9.43. The molecule has 0 aliphatic carbocycles. The van der Waals surface area contributed by atoms with E-state index >= 15 is 0 Å². The molecule has 2 aliphatic heterocycles. The van der Waals surface area contributed by atoms with Crippen molar-refractivity contribution in [1.29, 1.82) is 0 Å². The van der Waals surface area contributed by atoms with E-state index in [4.69, 9.17) is 9.47 Å². The molecule has 2 aliphatic rings. The lowest BCUT2D eigenvalue weighted by Crippen LogP contribution is -2.29. The number of aliphatic hydroxyl groups is 1. The number of fused-ring (bicyclic) bond motifs is 2. The van der Waals surface area contributed by atoms with Crippen LogP contribution < -0.4 is 14.4 Å². The number of benzene rings is 3. The van der Waals surface area contributed by atoms with Gasteiger partial charge in [0.15, 0.2) is 16.6 Å². The summed E-state index contributed by atoms with van der Waals surface area (Å²) in [6.07, 6.45) is 0.689. The number of aryl methyl sites for hydroxylation is 1. The van der Waals surface area contributed by atoms with Crippen molar-refractivity contribution < 1.29 is 29.3 Å². The van der Waals surface area contributed by atoms with Crippen molar-refractivity contribution in [3.05, 3.63) is 82.4 Å². The van der Waals surface area contributed by atoms with Gasteiger partial charge in [-0.2, -0.15) is 0 Å². The van der Waals surface area contributed by atoms with Gasteiger partial charge in [-0.05, 0) is 79.9 Å². The third kappa shape index (κ3) is 4.19. The minimum Gasteiger partial charge on any atom is -0.507 e. The van der Waals surface area contributed by atoms with E-state index in [1.807, 2.05) is 32.0 Å². The summed E-state index contributed by atoms with van der Waals surface area (Å²) in [5.41, 5.74) is 3.52. The van der Waals surface area contributed by atoms with Crippen LogP contribution in [0.1, 0.15) is 42.1 Å². The zero-order chi connectivity index (χ0) is 27.4. The molecule has 0 unspecified atom stereocenters. The first-order chi connectivity index (χ1) is 18.7. The van der Waals surface area contributed by atoms with Gasteiger partial charge >= 0.3 is 5.91 Å². The lowest BCUT2D eigenvalue weighted by molar-refractivity contribution is -0.132. The normalized spacial score (nSPS) is 19.9. The van der Waals surface area contributed by atoms with E-state index in [1.165, 1.54) is 22.3 Å². The maximum atomic E-state index is 13.6. The molecule has 198 valence electrons. The van der Waals surface area contributed by atoms with Crippen LogP contribution >= 0.6 is 11.3 Å². The molecule has 9 heteroatoms. The number of phenolic OH excluding ortho intramolecular Hbond substituents is 1. The SMILES string of the molecule is CCOc1cc([C@@H]2C(=C(O)c3ccc4c(c3)C[C@H](C)O4)C(=O)C(=O)N2c2nc3ccc(C)cc3s2)ccc1O. The number of carbonyl (C=O) groups is 2. The topological polar surface area (TPSA) is 109 Å². The largest absolute Gasteiger partial charge is 0.507 e. The summed E-state index contributed by atoms with van der Waals surface area (Å²) in [6, 6.07) is 14.7. The summed E-state index contributed by atoms with van der Waals surface area (Å²) in [6.45, 7) is 6.04. The highest BCUT2D eigenvalue weighted by Gasteiger charge is 2.48. The van der Waals surface area contributed by atoms with Gasteiger partial charge in [0, 0.05) is 12.0 Å². The predicted molar refractivity (Wildman–Crippen MR) is 149 cm³/mol. The minimum absolute atomic E-state index is 0.0135. The van der Waals surface area contributed by atoms with Crippen LogP contribution in [0.5, 0.6) is 17.2 Å². The van der Waals surface area contributed by atoms with Crippen LogP contribution in [-0.2, 0) is 16.0 Å². The number of phenols is 1. The lowest BCUT2D eigenvalue weighted by Gasteiger charge is -2.23. The fourth-order valence-electron chi connectivity index (χ4n) is 5.16. The molecule has 0 bridgehead atoms. The van der Waals surface area contributed by atoms with Gasteiger partial charge in [0.2, 0.25) is 0 Å². The Morgan fingerprint density at radius 1 is 1.15 bits per heavy atom. The molecule has 8 nitrogen and oxygen atoms in total. The Kier molecular flexibility index (Phi) is 6.03. The van der Waals surface area contributed by atoms with Crippen LogP contribution in [0.4, 0.5) is 5.13 Å². The Hall–Kier alpha value is -4.37. The maximum Gasteiger partial charge on any atom is 0.301 e. The van der Waals surface area contributed by atoms with E-state index in [2.05, 4.69) is 4.98 Å². The Morgan fingerprint density at radius 2 is 1.97 bits per heavy atom. The van der Waals surface area contributed by atoms with Crippen molar-refractivity contribution >= 4 is 44.1 Å². The van der Waals surface area contributed by atoms with Gasteiger partial charge in [-0.1, -0.05) is 23.5 Å². The number of aromatic nitrogens is 1. The second-order valence-corrected chi connectivity index (χ2v) is 10.8. The molecule has 39 heavy (non-hydrogen) atoms. The number of Topliss-reactive ketones (excluding diaryl/α,β-unsaturated/α-hetero) is 1. The predicted octanol–water partition coefficient (Wildman–Crippen LogP) is 5.66. The summed E-state index contributed by atoms with van der Waals surface area (Å²) in [5.74, 6) is -1.01. The Morgan fingerprint density at radius 3 is 2.77 bits per heavy atom. The first-order valence-electron chi connectivity index (χ1n) is 12.7. The van der Waals surface area contributed by atoms with Gasteiger partial charge in [-0.3, -0.25) is 14.5 Å². The van der Waals surface area contributed by atoms with Crippen LogP contribution in [-0.4, -0.2) is 39.6 Å². The van der Waals surface area contributed by atoms with Gasteiger partial charge in [-0.15, -0.1) is 0 Å². The quantitative estimate of drug-likeness (QED) is 0.190. The van der Waals surface area contributed by atoms with Crippen LogP contribution in [0.25, 0.3) is 16.0 Å². The number of hydrogen-bond donors (Lipinski definition) is 2. The number of ketones is 1. The van der Waals surface area contributed by atoms with Crippen molar-refractivity contribution in [3.63, 3.8) is 0 Å². The summed E-state index contributed by atoms with van der Waals surface area (Å²) in [7, 11) is 0. The van der Waals surface area contributed by atoms with E-state index in [1.54, 1.807) is 37.3 Å². The van der Waals surface area contributed by atoms with Crippen molar-refractivity contribution in [2.75, 3.05) is 11.5 Å². The summed E-state index contributed by atoms with van der Waals surface area (Å²) < 4.78 is 12.2. The Labute approximate surface area is 228 Å². The van der Waals surface area contributed by atoms with Crippen LogP contribution in [0.2, 0.25) is 0 Å². The molecule has 1 saturated heterocycles. The average molecular weight is 543 g/mol. The molecule has 1 aromatic heterocycles. The van der Waals surface area contributed by atoms with Gasteiger partial charge in [0.05, 0.1) is 28.4 Å². The number of carbonyl (C=O) groups excluding carboxylic acids is 2. The number of ether oxygens (including phenoxy) is 2. The molecule has 2 N–H and O–H groups in total. The molecule has 3 heterocycles. The van der Waals surface area contributed by atoms with Crippen LogP contribution in [0, 0.1) is 6.92 Å². The van der Waals surface area contributed by atoms with Crippen LogP contribution in [0.3, 0.4) is 0 Å². The maximum absolute atomic E-state index is 13.6. The first kappa shape index (κ1) is 24.9.